The minimum atomic E-state index is -0.982. The summed E-state index contributed by atoms with van der Waals surface area (Å²) in [6.07, 6.45) is 2.90. The molecule has 5 heterocycles. The number of amides is 2. The lowest BCUT2D eigenvalue weighted by molar-refractivity contribution is -0.172. The topological polar surface area (TPSA) is 154 Å². The molecule has 2 aromatic rings. The zero-order valence-electron chi connectivity index (χ0n) is 30.9. The van der Waals surface area contributed by atoms with Crippen LogP contribution in [0, 0.1) is 17.8 Å². The van der Waals surface area contributed by atoms with Crippen molar-refractivity contribution in [3.05, 3.63) is 18.6 Å². The normalized spacial score (nSPS) is 24.0. The van der Waals surface area contributed by atoms with E-state index in [1.807, 2.05) is 20.8 Å². The number of ether oxygens (including phenoxy) is 4. The number of carbonyl (C=O) groups excluding carboxylic acids is 4. The van der Waals surface area contributed by atoms with E-state index in [1.54, 1.807) is 63.3 Å². The molecule has 14 heteroatoms. The van der Waals surface area contributed by atoms with Crippen molar-refractivity contribution in [2.75, 3.05) is 31.5 Å². The zero-order chi connectivity index (χ0) is 36.5. The van der Waals surface area contributed by atoms with Crippen LogP contribution in [0.1, 0.15) is 94.2 Å². The second-order valence-electron chi connectivity index (χ2n) is 15.7. The number of fused-ring (bicyclic) bond motifs is 1. The third-order valence-corrected chi connectivity index (χ3v) is 9.77. The monoisotopic (exact) mass is 698 g/mol. The number of esters is 2. The molecule has 5 rings (SSSR count). The average molecular weight is 699 g/mol. The molecule has 2 aromatic heterocycles. The van der Waals surface area contributed by atoms with Crippen LogP contribution in [-0.4, -0.2) is 104 Å². The fourth-order valence-corrected chi connectivity index (χ4v) is 6.92. The van der Waals surface area contributed by atoms with Gasteiger partial charge in [-0.2, -0.15) is 0 Å². The van der Waals surface area contributed by atoms with Crippen LogP contribution in [-0.2, 0) is 33.3 Å². The number of nitrogens with zero attached hydrogens (tertiary/aromatic N) is 5. The second kappa shape index (κ2) is 14.8. The molecule has 3 fully saturated rings. The lowest BCUT2D eigenvalue weighted by atomic mass is 9.84. The summed E-state index contributed by atoms with van der Waals surface area (Å²) in [6.45, 7) is 18.6. The molecule has 0 radical (unpaired) electrons. The summed E-state index contributed by atoms with van der Waals surface area (Å²) in [6, 6.07) is 1.78. The van der Waals surface area contributed by atoms with E-state index in [9.17, 15) is 19.2 Å². The maximum Gasteiger partial charge on any atom is 0.410 e. The molecule has 0 unspecified atom stereocenters. The standard InChI is InChI=1S/C36H54N6O8/c1-21(2)30(43)39-28-24-11-16-42(29(24)38-20-37-28)31-27(49-33(45)23(5)6)26(48-32(44)22(3)4)25(47-31)19-41-15-10-12-36(41)13-17-40(18-14-36)34(46)50-35(7,8)9/h11,16,20-23,25-27,31H,10,12-15,17-19H2,1-9H3,(H,37,38,39,43)/t25-,26-,27-,31-/m1/s1. The zero-order valence-corrected chi connectivity index (χ0v) is 30.9. The molecule has 0 aliphatic carbocycles. The van der Waals surface area contributed by atoms with Crippen molar-refractivity contribution in [2.45, 2.75) is 124 Å². The molecule has 3 aliphatic heterocycles. The van der Waals surface area contributed by atoms with Gasteiger partial charge in [-0.1, -0.05) is 41.5 Å². The smallest absolute Gasteiger partial charge is 0.410 e. The highest BCUT2D eigenvalue weighted by atomic mass is 16.6. The molecule has 14 nitrogen and oxygen atoms in total. The summed E-state index contributed by atoms with van der Waals surface area (Å²) in [5, 5.41) is 3.46. The van der Waals surface area contributed by atoms with Gasteiger partial charge < -0.3 is 33.7 Å². The van der Waals surface area contributed by atoms with Gasteiger partial charge in [-0.3, -0.25) is 19.3 Å². The van der Waals surface area contributed by atoms with Crippen molar-refractivity contribution in [2.24, 2.45) is 17.8 Å². The predicted molar refractivity (Wildman–Crippen MR) is 185 cm³/mol. The first kappa shape index (κ1) is 37.5. The Kier molecular flexibility index (Phi) is 11.1. The maximum absolute atomic E-state index is 13.2. The minimum Gasteiger partial charge on any atom is -0.455 e. The Morgan fingerprint density at radius 2 is 1.56 bits per heavy atom. The largest absolute Gasteiger partial charge is 0.455 e. The molecule has 0 bridgehead atoms. The fourth-order valence-electron chi connectivity index (χ4n) is 6.92. The van der Waals surface area contributed by atoms with Gasteiger partial charge in [0.25, 0.3) is 0 Å². The van der Waals surface area contributed by atoms with Crippen LogP contribution < -0.4 is 5.32 Å². The number of carbonyl (C=O) groups is 4. The van der Waals surface area contributed by atoms with Crippen LogP contribution in [0.4, 0.5) is 10.6 Å². The third-order valence-electron chi connectivity index (χ3n) is 9.77. The van der Waals surface area contributed by atoms with Gasteiger partial charge in [-0.05, 0) is 59.1 Å². The molecule has 3 aliphatic rings. The van der Waals surface area contributed by atoms with Gasteiger partial charge in [0.15, 0.2) is 18.4 Å². The van der Waals surface area contributed by atoms with Crippen molar-refractivity contribution in [1.29, 1.82) is 0 Å². The fraction of sp³-hybridized carbons (Fsp3) is 0.722. The number of aromatic nitrogens is 3. The van der Waals surface area contributed by atoms with Crippen LogP contribution in [0.2, 0.25) is 0 Å². The van der Waals surface area contributed by atoms with E-state index >= 15 is 0 Å². The highest BCUT2D eigenvalue weighted by molar-refractivity contribution is 5.99. The Balaban J connectivity index is 1.46. The summed E-state index contributed by atoms with van der Waals surface area (Å²) < 4.78 is 26.5. The Morgan fingerprint density at radius 1 is 0.920 bits per heavy atom. The van der Waals surface area contributed by atoms with E-state index in [0.717, 1.165) is 32.2 Å². The van der Waals surface area contributed by atoms with Gasteiger partial charge >= 0.3 is 18.0 Å². The van der Waals surface area contributed by atoms with Crippen molar-refractivity contribution in [3.63, 3.8) is 0 Å². The SMILES string of the molecule is CC(C)C(=O)Nc1ncnc2c1ccn2[C@@H]1O[C@H](CN2CCCC23CCN(C(=O)OC(C)(C)C)CC3)[C@@H](OC(=O)C(C)C)[C@H]1OC(=O)C(C)C. The van der Waals surface area contributed by atoms with Crippen molar-refractivity contribution < 1.29 is 38.1 Å². The Bertz CT molecular complexity index is 1560. The van der Waals surface area contributed by atoms with Crippen LogP contribution in [0.3, 0.4) is 0 Å². The van der Waals surface area contributed by atoms with Crippen LogP contribution in [0.15, 0.2) is 18.6 Å². The predicted octanol–water partition coefficient (Wildman–Crippen LogP) is 4.92. The van der Waals surface area contributed by atoms with E-state index < -0.39 is 53.9 Å². The van der Waals surface area contributed by atoms with Gasteiger partial charge in [-0.15, -0.1) is 0 Å². The molecule has 0 aromatic carbocycles. The maximum atomic E-state index is 13.2. The number of piperidine rings is 1. The number of nitrogens with one attached hydrogen (secondary N) is 1. The lowest BCUT2D eigenvalue weighted by Gasteiger charge is -2.46. The van der Waals surface area contributed by atoms with E-state index in [1.165, 1.54) is 6.33 Å². The molecule has 0 saturated carbocycles. The van der Waals surface area contributed by atoms with Crippen molar-refractivity contribution in [1.82, 2.24) is 24.3 Å². The van der Waals surface area contributed by atoms with E-state index in [-0.39, 0.29) is 23.5 Å². The van der Waals surface area contributed by atoms with E-state index in [4.69, 9.17) is 18.9 Å². The summed E-state index contributed by atoms with van der Waals surface area (Å²) in [4.78, 5) is 64.8. The average Bonchev–Trinajstić information content (AvgIpc) is 3.73. The third kappa shape index (κ3) is 8.06. The van der Waals surface area contributed by atoms with Crippen LogP contribution in [0.25, 0.3) is 11.0 Å². The number of likely N-dealkylation sites (tertiary alicyclic amines) is 2. The van der Waals surface area contributed by atoms with Gasteiger partial charge in [0.1, 0.15) is 29.5 Å². The molecule has 276 valence electrons. The van der Waals surface area contributed by atoms with Crippen LogP contribution >= 0.6 is 0 Å². The lowest BCUT2D eigenvalue weighted by Crippen LogP contribution is -2.56. The van der Waals surface area contributed by atoms with Crippen molar-refractivity contribution >= 4 is 40.8 Å². The second-order valence-corrected chi connectivity index (χ2v) is 15.7. The number of rotatable bonds is 9. The van der Waals surface area contributed by atoms with E-state index in [2.05, 4.69) is 20.2 Å². The quantitative estimate of drug-likeness (QED) is 0.280. The van der Waals surface area contributed by atoms with Crippen LogP contribution in [0.5, 0.6) is 0 Å². The highest BCUT2D eigenvalue weighted by Gasteiger charge is 2.54. The minimum absolute atomic E-state index is 0.159. The molecular weight excluding hydrogens is 644 g/mol. The van der Waals surface area contributed by atoms with E-state index in [0.29, 0.717) is 36.5 Å². The first-order valence-electron chi connectivity index (χ1n) is 17.9. The number of hydrogen-bond donors (Lipinski definition) is 1. The first-order chi connectivity index (χ1) is 23.5. The Labute approximate surface area is 294 Å². The molecule has 1 N–H and O–H groups in total. The van der Waals surface area contributed by atoms with Gasteiger partial charge in [-0.25, -0.2) is 14.8 Å². The molecular formula is C36H54N6O8. The molecule has 50 heavy (non-hydrogen) atoms. The summed E-state index contributed by atoms with van der Waals surface area (Å²) in [5.74, 6) is -1.80. The van der Waals surface area contributed by atoms with Gasteiger partial charge in [0.05, 0.1) is 17.2 Å². The number of anilines is 1. The Morgan fingerprint density at radius 3 is 2.16 bits per heavy atom. The molecule has 3 saturated heterocycles. The highest BCUT2D eigenvalue weighted by Crippen LogP contribution is 2.42. The molecule has 1 spiro atoms. The van der Waals surface area contributed by atoms with Gasteiger partial charge in [0, 0.05) is 37.3 Å². The summed E-state index contributed by atoms with van der Waals surface area (Å²) in [5.41, 5.74) is -0.259. The first-order valence-corrected chi connectivity index (χ1v) is 17.9. The summed E-state index contributed by atoms with van der Waals surface area (Å²) in [7, 11) is 0. The molecule has 4 atom stereocenters. The number of hydrogen-bond acceptors (Lipinski definition) is 11. The summed E-state index contributed by atoms with van der Waals surface area (Å²) >= 11 is 0. The van der Waals surface area contributed by atoms with Gasteiger partial charge in [0.2, 0.25) is 5.91 Å². The van der Waals surface area contributed by atoms with Crippen molar-refractivity contribution in [3.8, 4) is 0 Å². The Hall–Kier alpha value is -3.78. The molecule has 2 amide bonds.